The van der Waals surface area contributed by atoms with Gasteiger partial charge in [0.25, 0.3) is 0 Å². The Morgan fingerprint density at radius 2 is 1.50 bits per heavy atom. The Labute approximate surface area is 217 Å². The highest BCUT2D eigenvalue weighted by Gasteiger charge is 2.31. The van der Waals surface area contributed by atoms with E-state index in [0.29, 0.717) is 18.9 Å². The van der Waals surface area contributed by atoms with Crippen LogP contribution in [-0.2, 0) is 22.6 Å². The molecule has 198 valence electrons. The summed E-state index contributed by atoms with van der Waals surface area (Å²) in [5.41, 5.74) is 1.65. The molecule has 0 aliphatic carbocycles. The third-order valence-corrected chi connectivity index (χ3v) is 6.05. The fraction of sp³-hybridized carbons (Fsp3) is 0.533. The van der Waals surface area contributed by atoms with Gasteiger partial charge in [-0.05, 0) is 77.3 Å². The predicted molar refractivity (Wildman–Crippen MR) is 147 cm³/mol. The third-order valence-electron chi connectivity index (χ3n) is 6.05. The summed E-state index contributed by atoms with van der Waals surface area (Å²) in [5, 5.41) is 6.10. The zero-order valence-electron chi connectivity index (χ0n) is 23.3. The highest BCUT2D eigenvalue weighted by atomic mass is 16.5. The van der Waals surface area contributed by atoms with Gasteiger partial charge in [-0.2, -0.15) is 0 Å². The number of likely N-dealkylation sites (N-methyl/N-ethyl adjacent to an activating group) is 1. The van der Waals surface area contributed by atoms with Crippen molar-refractivity contribution in [1.29, 1.82) is 0 Å². The SMILES string of the molecule is CC(C)C[C@H](C(=O)N[C@@H](Cc1ccc(OCc2ccccc2)cc1)C(=O)NC(C)(C)C)N(C)C(C)C. The number of carbonyl (C=O) groups excluding carboxylic acids is 2. The van der Waals surface area contributed by atoms with E-state index in [1.165, 1.54) is 0 Å². The number of ether oxygens (including phenoxy) is 1. The van der Waals surface area contributed by atoms with Gasteiger partial charge in [0.1, 0.15) is 18.4 Å². The molecule has 0 saturated carbocycles. The van der Waals surface area contributed by atoms with Gasteiger partial charge in [0.05, 0.1) is 6.04 Å². The third kappa shape index (κ3) is 10.0. The van der Waals surface area contributed by atoms with Crippen LogP contribution in [0.4, 0.5) is 0 Å². The molecule has 0 heterocycles. The highest BCUT2D eigenvalue weighted by Crippen LogP contribution is 2.17. The summed E-state index contributed by atoms with van der Waals surface area (Å²) in [6.07, 6.45) is 1.12. The molecule has 0 saturated heterocycles. The van der Waals surface area contributed by atoms with Crippen LogP contribution in [0.5, 0.6) is 5.75 Å². The molecule has 6 heteroatoms. The Bertz CT molecular complexity index is 950. The second-order valence-corrected chi connectivity index (χ2v) is 11.3. The average Bonchev–Trinajstić information content (AvgIpc) is 2.80. The topological polar surface area (TPSA) is 70.7 Å². The number of nitrogens with one attached hydrogen (secondary N) is 2. The Hall–Kier alpha value is -2.86. The van der Waals surface area contributed by atoms with Crippen LogP contribution < -0.4 is 15.4 Å². The van der Waals surface area contributed by atoms with Crippen molar-refractivity contribution in [3.05, 3.63) is 65.7 Å². The van der Waals surface area contributed by atoms with Gasteiger partial charge < -0.3 is 15.4 Å². The lowest BCUT2D eigenvalue weighted by molar-refractivity contribution is -0.133. The monoisotopic (exact) mass is 495 g/mol. The fourth-order valence-electron chi connectivity index (χ4n) is 3.90. The Morgan fingerprint density at radius 1 is 0.889 bits per heavy atom. The van der Waals surface area contributed by atoms with Crippen LogP contribution in [0.3, 0.4) is 0 Å². The summed E-state index contributed by atoms with van der Waals surface area (Å²) >= 11 is 0. The molecule has 0 bridgehead atoms. The maximum Gasteiger partial charge on any atom is 0.243 e. The summed E-state index contributed by atoms with van der Waals surface area (Å²) in [5.74, 6) is 0.817. The smallest absolute Gasteiger partial charge is 0.243 e. The average molecular weight is 496 g/mol. The standard InChI is InChI=1S/C30H45N3O3/c1-21(2)18-27(33(8)22(3)4)29(35)31-26(28(34)32-30(5,6)7)19-23-14-16-25(17-15-23)36-20-24-12-10-9-11-13-24/h9-17,21-22,26-27H,18-20H2,1-8H3,(H,31,35)(H,32,34)/t26-,27+/m0/s1. The molecule has 2 N–H and O–H groups in total. The molecular weight excluding hydrogens is 450 g/mol. The van der Waals surface area contributed by atoms with Crippen LogP contribution in [0.25, 0.3) is 0 Å². The van der Waals surface area contributed by atoms with Crippen LogP contribution in [-0.4, -0.2) is 47.4 Å². The van der Waals surface area contributed by atoms with Gasteiger partial charge in [-0.3, -0.25) is 14.5 Å². The number of amides is 2. The van der Waals surface area contributed by atoms with E-state index in [0.717, 1.165) is 23.3 Å². The zero-order chi connectivity index (χ0) is 26.9. The molecule has 2 amide bonds. The summed E-state index contributed by atoms with van der Waals surface area (Å²) in [4.78, 5) is 28.7. The van der Waals surface area contributed by atoms with E-state index in [4.69, 9.17) is 4.74 Å². The van der Waals surface area contributed by atoms with E-state index >= 15 is 0 Å². The minimum atomic E-state index is -0.678. The molecule has 0 radical (unpaired) electrons. The first kappa shape index (κ1) is 29.4. The lowest BCUT2D eigenvalue weighted by Gasteiger charge is -2.33. The molecule has 0 fully saturated rings. The molecule has 2 aromatic carbocycles. The fourth-order valence-corrected chi connectivity index (χ4v) is 3.90. The van der Waals surface area contributed by atoms with Crippen LogP contribution in [0, 0.1) is 5.92 Å². The lowest BCUT2D eigenvalue weighted by Crippen LogP contribution is -2.57. The molecule has 6 nitrogen and oxygen atoms in total. The first-order valence-corrected chi connectivity index (χ1v) is 13.0. The van der Waals surface area contributed by atoms with Crippen molar-refractivity contribution in [3.8, 4) is 5.75 Å². The van der Waals surface area contributed by atoms with E-state index in [9.17, 15) is 9.59 Å². The molecule has 0 aliphatic heterocycles. The quantitative estimate of drug-likeness (QED) is 0.437. The number of benzene rings is 2. The summed E-state index contributed by atoms with van der Waals surface area (Å²) in [6.45, 7) is 14.7. The first-order chi connectivity index (χ1) is 16.9. The lowest BCUT2D eigenvalue weighted by atomic mass is 9.99. The van der Waals surface area contributed by atoms with Crippen molar-refractivity contribution >= 4 is 11.8 Å². The van der Waals surface area contributed by atoms with Crippen molar-refractivity contribution in [1.82, 2.24) is 15.5 Å². The van der Waals surface area contributed by atoms with E-state index < -0.39 is 11.6 Å². The van der Waals surface area contributed by atoms with Gasteiger partial charge in [0.15, 0.2) is 0 Å². The maximum absolute atomic E-state index is 13.4. The van der Waals surface area contributed by atoms with Gasteiger partial charge in [-0.25, -0.2) is 0 Å². The van der Waals surface area contributed by atoms with Gasteiger partial charge in [0, 0.05) is 18.0 Å². The molecule has 36 heavy (non-hydrogen) atoms. The van der Waals surface area contributed by atoms with E-state index in [1.807, 2.05) is 82.4 Å². The van der Waals surface area contributed by atoms with Crippen molar-refractivity contribution in [2.45, 2.75) is 91.6 Å². The Morgan fingerprint density at radius 3 is 2.03 bits per heavy atom. The molecule has 0 unspecified atom stereocenters. The van der Waals surface area contributed by atoms with Gasteiger partial charge >= 0.3 is 0 Å². The van der Waals surface area contributed by atoms with E-state index in [2.05, 4.69) is 43.2 Å². The Kier molecular flexibility index (Phi) is 11.0. The summed E-state index contributed by atoms with van der Waals surface area (Å²) in [7, 11) is 1.97. The molecule has 0 aromatic heterocycles. The van der Waals surface area contributed by atoms with Crippen molar-refractivity contribution < 1.29 is 14.3 Å². The zero-order valence-corrected chi connectivity index (χ0v) is 23.3. The summed E-state index contributed by atoms with van der Waals surface area (Å²) < 4.78 is 5.89. The first-order valence-electron chi connectivity index (χ1n) is 13.0. The number of rotatable bonds is 12. The molecule has 2 aromatic rings. The molecular formula is C30H45N3O3. The number of nitrogens with zero attached hydrogens (tertiary/aromatic N) is 1. The van der Waals surface area contributed by atoms with Gasteiger partial charge in [0.2, 0.25) is 11.8 Å². The summed E-state index contributed by atoms with van der Waals surface area (Å²) in [6, 6.07) is 17.0. The molecule has 2 rings (SSSR count). The minimum absolute atomic E-state index is 0.114. The van der Waals surface area contributed by atoms with Crippen LogP contribution >= 0.6 is 0 Å². The van der Waals surface area contributed by atoms with Crippen molar-refractivity contribution in [3.63, 3.8) is 0 Å². The second-order valence-electron chi connectivity index (χ2n) is 11.3. The number of hydrogen-bond acceptors (Lipinski definition) is 4. The predicted octanol–water partition coefficient (Wildman–Crippen LogP) is 4.96. The number of hydrogen-bond donors (Lipinski definition) is 2. The highest BCUT2D eigenvalue weighted by molar-refractivity contribution is 5.90. The normalized spacial score (nSPS) is 13.5. The van der Waals surface area contributed by atoms with Crippen LogP contribution in [0.1, 0.15) is 66.0 Å². The van der Waals surface area contributed by atoms with Gasteiger partial charge in [-0.15, -0.1) is 0 Å². The largest absolute Gasteiger partial charge is 0.489 e. The molecule has 2 atom stereocenters. The number of carbonyl (C=O) groups is 2. The second kappa shape index (κ2) is 13.4. The van der Waals surface area contributed by atoms with Gasteiger partial charge in [-0.1, -0.05) is 56.3 Å². The van der Waals surface area contributed by atoms with Crippen molar-refractivity contribution in [2.24, 2.45) is 5.92 Å². The van der Waals surface area contributed by atoms with Crippen LogP contribution in [0.2, 0.25) is 0 Å². The minimum Gasteiger partial charge on any atom is -0.489 e. The Balaban J connectivity index is 2.15. The van der Waals surface area contributed by atoms with Crippen molar-refractivity contribution in [2.75, 3.05) is 7.05 Å². The van der Waals surface area contributed by atoms with E-state index in [1.54, 1.807) is 0 Å². The molecule has 0 aliphatic rings. The van der Waals surface area contributed by atoms with Crippen LogP contribution in [0.15, 0.2) is 54.6 Å². The van der Waals surface area contributed by atoms with E-state index in [-0.39, 0.29) is 23.9 Å². The molecule has 0 spiro atoms. The maximum atomic E-state index is 13.4.